The Balaban J connectivity index is 5.21. The summed E-state index contributed by atoms with van der Waals surface area (Å²) in [5.74, 6) is -20.0. The zero-order valence-electron chi connectivity index (χ0n) is 11.9. The molecule has 0 aliphatic rings. The normalized spacial score (nSPS) is 15.5. The number of unbranched alkanes of at least 4 members (excludes halogenated alkanes) is 2. The van der Waals surface area contributed by atoms with E-state index in [1.165, 1.54) is 0 Å². The fourth-order valence-electron chi connectivity index (χ4n) is 1.58. The van der Waals surface area contributed by atoms with Crippen LogP contribution in [0.3, 0.4) is 0 Å². The maximum Gasteiger partial charge on any atom is 0.438 e. The van der Waals surface area contributed by atoms with E-state index in [1.54, 1.807) is 0 Å². The second kappa shape index (κ2) is 7.04. The van der Waals surface area contributed by atoms with Gasteiger partial charge in [0.25, 0.3) is 0 Å². The largest absolute Gasteiger partial charge is 0.438 e. The van der Waals surface area contributed by atoms with Gasteiger partial charge in [0.15, 0.2) is 0 Å². The van der Waals surface area contributed by atoms with Crippen LogP contribution in [0.1, 0.15) is 32.1 Å². The molecule has 0 atom stereocenters. The lowest BCUT2D eigenvalue weighted by Gasteiger charge is -2.35. The van der Waals surface area contributed by atoms with Crippen molar-refractivity contribution >= 4 is 10.1 Å². The van der Waals surface area contributed by atoms with Gasteiger partial charge >= 0.3 is 39.3 Å². The van der Waals surface area contributed by atoms with Crippen LogP contribution in [0, 0.1) is 0 Å². The lowest BCUT2D eigenvalue weighted by molar-refractivity contribution is -0.349. The van der Waals surface area contributed by atoms with Gasteiger partial charge in [-0.15, -0.1) is 0 Å². The quantitative estimate of drug-likeness (QED) is 0.329. The zero-order valence-corrected chi connectivity index (χ0v) is 12.7. The Kier molecular flexibility index (Phi) is 6.80. The number of halogens is 11. The molecule has 0 aromatic heterocycles. The summed E-state index contributed by atoms with van der Waals surface area (Å²) in [4.78, 5) is 0. The first-order valence-electron chi connectivity index (χ1n) is 6.26. The molecule has 0 rings (SSSR count). The molecule has 1 N–H and O–H groups in total. The van der Waals surface area contributed by atoms with Gasteiger partial charge in [-0.2, -0.15) is 56.7 Å². The molecule has 0 amide bonds. The highest BCUT2D eigenvalue weighted by molar-refractivity contribution is 7.87. The molecule has 152 valence electrons. The van der Waals surface area contributed by atoms with Gasteiger partial charge in [0, 0.05) is 12.8 Å². The summed E-state index contributed by atoms with van der Waals surface area (Å²) < 4.78 is 168. The van der Waals surface area contributed by atoms with Crippen molar-refractivity contribution < 1.29 is 61.3 Å². The number of hydrogen-bond acceptors (Lipinski definition) is 2. The molecule has 0 radical (unpaired) electrons. The van der Waals surface area contributed by atoms with Gasteiger partial charge in [-0.05, 0) is 12.8 Å². The van der Waals surface area contributed by atoms with Gasteiger partial charge in [0.1, 0.15) is 0 Å². The van der Waals surface area contributed by atoms with Gasteiger partial charge < -0.3 is 0 Å². The van der Waals surface area contributed by atoms with E-state index >= 15 is 0 Å². The zero-order chi connectivity index (χ0) is 20.5. The molecular weight excluding hydrogens is 409 g/mol. The summed E-state index contributed by atoms with van der Waals surface area (Å²) in [5.41, 5.74) is 0. The summed E-state index contributed by atoms with van der Waals surface area (Å²) in [7, 11) is -7.17. The summed E-state index contributed by atoms with van der Waals surface area (Å²) in [6.45, 7) is 0. The molecule has 25 heavy (non-hydrogen) atoms. The first-order chi connectivity index (χ1) is 10.7. The van der Waals surface area contributed by atoms with Gasteiger partial charge in [-0.3, -0.25) is 4.55 Å². The molecule has 0 bridgehead atoms. The molecule has 0 heterocycles. The maximum atomic E-state index is 13.2. The van der Waals surface area contributed by atoms with Gasteiger partial charge in [-0.25, -0.2) is 0 Å². The highest BCUT2D eigenvalue weighted by Gasteiger charge is 2.84. The Hall–Kier alpha value is -0.860. The van der Waals surface area contributed by atoms with Crippen molar-refractivity contribution in [1.82, 2.24) is 0 Å². The third-order valence-electron chi connectivity index (χ3n) is 2.99. The SMILES string of the molecule is O=S(=O)(O)C(F)(F)C(F)(F)C(F)(F)C(F)(F)CCCCCC(F)(F)F. The highest BCUT2D eigenvalue weighted by Crippen LogP contribution is 2.55. The van der Waals surface area contributed by atoms with Crippen LogP contribution in [-0.4, -0.2) is 42.2 Å². The summed E-state index contributed by atoms with van der Waals surface area (Å²) in [6, 6.07) is 0. The summed E-state index contributed by atoms with van der Waals surface area (Å²) in [6.07, 6.45) is -11.1. The minimum atomic E-state index is -7.19. The van der Waals surface area contributed by atoms with Gasteiger partial charge in [0.05, 0.1) is 0 Å². The first kappa shape index (κ1) is 24.1. The van der Waals surface area contributed by atoms with Crippen LogP contribution in [0.15, 0.2) is 0 Å². The maximum absolute atomic E-state index is 13.2. The Morgan fingerprint density at radius 2 is 1.04 bits per heavy atom. The molecule has 0 saturated carbocycles. The third-order valence-corrected chi connectivity index (χ3v) is 3.90. The highest BCUT2D eigenvalue weighted by atomic mass is 32.2. The number of rotatable bonds is 9. The van der Waals surface area contributed by atoms with E-state index in [0.29, 0.717) is 0 Å². The molecule has 0 unspecified atom stereocenters. The van der Waals surface area contributed by atoms with E-state index in [4.69, 9.17) is 4.55 Å². The predicted octanol–water partition coefficient (Wildman–Crippen LogP) is 4.89. The molecular formula is C10H11F11O3S. The summed E-state index contributed by atoms with van der Waals surface area (Å²) in [5, 5.41) is -6.93. The van der Waals surface area contributed by atoms with E-state index in [1.807, 2.05) is 0 Å². The van der Waals surface area contributed by atoms with E-state index in [-0.39, 0.29) is 0 Å². The topological polar surface area (TPSA) is 54.4 Å². The average Bonchev–Trinajstić information content (AvgIpc) is 2.34. The fraction of sp³-hybridized carbons (Fsp3) is 1.00. The van der Waals surface area contributed by atoms with E-state index in [9.17, 15) is 56.7 Å². The van der Waals surface area contributed by atoms with Crippen LogP contribution in [0.2, 0.25) is 0 Å². The Morgan fingerprint density at radius 1 is 0.640 bits per heavy atom. The average molecular weight is 420 g/mol. The lowest BCUT2D eigenvalue weighted by atomic mass is 9.98. The molecule has 0 saturated heterocycles. The van der Waals surface area contributed by atoms with Crippen molar-refractivity contribution in [2.75, 3.05) is 0 Å². The molecule has 15 heteroatoms. The van der Waals surface area contributed by atoms with E-state index < -0.39 is 71.4 Å². The summed E-state index contributed by atoms with van der Waals surface area (Å²) >= 11 is 0. The van der Waals surface area contributed by atoms with Crippen LogP contribution in [0.25, 0.3) is 0 Å². The van der Waals surface area contributed by atoms with Gasteiger partial charge in [-0.1, -0.05) is 6.42 Å². The molecule has 0 spiro atoms. The van der Waals surface area contributed by atoms with Gasteiger partial charge in [0.2, 0.25) is 0 Å². The fourth-order valence-corrected chi connectivity index (χ4v) is 2.03. The monoisotopic (exact) mass is 420 g/mol. The van der Waals surface area contributed by atoms with Crippen molar-refractivity contribution in [1.29, 1.82) is 0 Å². The minimum Gasteiger partial charge on any atom is -0.281 e. The van der Waals surface area contributed by atoms with Crippen molar-refractivity contribution in [2.24, 2.45) is 0 Å². The second-order valence-corrected chi connectivity index (χ2v) is 6.48. The standard InChI is InChI=1S/C10H11F11O3S/c11-6(12,4-2-1-3-5-7(13,14)15)8(16,17)9(18,19)10(20,21)25(22,23)24/h1-5H2,(H,22,23,24). The number of hydrogen-bond donors (Lipinski definition) is 1. The predicted molar refractivity (Wildman–Crippen MR) is 60.5 cm³/mol. The Labute approximate surface area is 133 Å². The molecule has 0 aromatic carbocycles. The lowest BCUT2D eigenvalue weighted by Crippen LogP contribution is -2.64. The van der Waals surface area contributed by atoms with Crippen LogP contribution < -0.4 is 0 Å². The molecule has 0 aromatic rings. The Morgan fingerprint density at radius 3 is 1.40 bits per heavy atom. The van der Waals surface area contributed by atoms with Crippen LogP contribution in [-0.2, 0) is 10.1 Å². The molecule has 3 nitrogen and oxygen atoms in total. The molecule has 0 aliphatic carbocycles. The van der Waals surface area contributed by atoms with E-state index in [2.05, 4.69) is 0 Å². The van der Waals surface area contributed by atoms with Crippen LogP contribution in [0.5, 0.6) is 0 Å². The first-order valence-corrected chi connectivity index (χ1v) is 7.70. The van der Waals surface area contributed by atoms with Crippen molar-refractivity contribution in [3.63, 3.8) is 0 Å². The van der Waals surface area contributed by atoms with E-state index in [0.717, 1.165) is 0 Å². The van der Waals surface area contributed by atoms with Crippen LogP contribution >= 0.6 is 0 Å². The third kappa shape index (κ3) is 5.08. The number of alkyl halides is 11. The van der Waals surface area contributed by atoms with Crippen LogP contribution in [0.4, 0.5) is 48.3 Å². The van der Waals surface area contributed by atoms with Crippen molar-refractivity contribution in [3.8, 4) is 0 Å². The second-order valence-electron chi connectivity index (χ2n) is 5.02. The molecule has 0 fully saturated rings. The minimum absolute atomic E-state index is 0.758. The van der Waals surface area contributed by atoms with Crippen molar-refractivity contribution in [2.45, 2.75) is 61.3 Å². The van der Waals surface area contributed by atoms with Crippen molar-refractivity contribution in [3.05, 3.63) is 0 Å². The molecule has 0 aliphatic heterocycles. The Bertz CT molecular complexity index is 553. The smallest absolute Gasteiger partial charge is 0.281 e.